The minimum Gasteiger partial charge on any atom is -0.368 e. The van der Waals surface area contributed by atoms with E-state index in [1.807, 2.05) is 12.1 Å². The predicted octanol–water partition coefficient (Wildman–Crippen LogP) is 4.02. The highest BCUT2D eigenvalue weighted by atomic mass is 32.2. The quantitative estimate of drug-likeness (QED) is 0.741. The normalized spacial score (nSPS) is 20.4. The van der Waals surface area contributed by atoms with E-state index in [1.54, 1.807) is 12.1 Å². The van der Waals surface area contributed by atoms with Crippen LogP contribution in [0, 0.1) is 12.8 Å². The number of pyridine rings is 1. The minimum absolute atomic E-state index is 0.327. The number of anilines is 2. The van der Waals surface area contributed by atoms with Gasteiger partial charge < -0.3 is 9.80 Å². The molecule has 1 aliphatic heterocycles. The monoisotopic (exact) mass is 413 g/mol. The smallest absolute Gasteiger partial charge is 0.175 e. The third kappa shape index (κ3) is 4.27. The van der Waals surface area contributed by atoms with Gasteiger partial charge in [-0.1, -0.05) is 26.0 Å². The van der Waals surface area contributed by atoms with Crippen LogP contribution in [0.4, 0.5) is 11.5 Å². The van der Waals surface area contributed by atoms with Crippen LogP contribution >= 0.6 is 0 Å². The van der Waals surface area contributed by atoms with Gasteiger partial charge in [-0.05, 0) is 55.5 Å². The highest BCUT2D eigenvalue weighted by Gasteiger charge is 2.32. The summed E-state index contributed by atoms with van der Waals surface area (Å²) >= 11 is 0. The molecule has 0 amide bonds. The lowest BCUT2D eigenvalue weighted by Gasteiger charge is -2.45. The maximum Gasteiger partial charge on any atom is 0.175 e. The topological polar surface area (TPSA) is 53.5 Å². The van der Waals surface area contributed by atoms with Gasteiger partial charge in [0.25, 0.3) is 0 Å². The van der Waals surface area contributed by atoms with Crippen molar-refractivity contribution in [1.29, 1.82) is 0 Å². The van der Waals surface area contributed by atoms with Crippen molar-refractivity contribution < 1.29 is 8.42 Å². The van der Waals surface area contributed by atoms with Crippen molar-refractivity contribution in [2.75, 3.05) is 35.7 Å². The zero-order valence-corrected chi connectivity index (χ0v) is 18.6. The average molecular weight is 414 g/mol. The van der Waals surface area contributed by atoms with Gasteiger partial charge in [-0.15, -0.1) is 0 Å². The lowest BCUT2D eigenvalue weighted by atomic mass is 9.98. The van der Waals surface area contributed by atoms with E-state index < -0.39 is 9.84 Å². The third-order valence-electron chi connectivity index (χ3n) is 6.18. The molecule has 156 valence electrons. The highest BCUT2D eigenvalue weighted by Crippen LogP contribution is 2.41. The van der Waals surface area contributed by atoms with E-state index in [-0.39, 0.29) is 0 Å². The fourth-order valence-electron chi connectivity index (χ4n) is 4.27. The van der Waals surface area contributed by atoms with Crippen molar-refractivity contribution in [3.63, 3.8) is 0 Å². The van der Waals surface area contributed by atoms with Crippen LogP contribution in [0.1, 0.15) is 43.9 Å². The molecule has 6 heteroatoms. The Morgan fingerprint density at radius 2 is 1.86 bits per heavy atom. The van der Waals surface area contributed by atoms with E-state index in [2.05, 4.69) is 42.7 Å². The van der Waals surface area contributed by atoms with E-state index in [0.717, 1.165) is 31.1 Å². The second kappa shape index (κ2) is 7.63. The molecule has 0 unspecified atom stereocenters. The molecule has 1 saturated carbocycles. The lowest BCUT2D eigenvalue weighted by molar-refractivity contribution is 0.416. The Balaban J connectivity index is 1.59. The summed E-state index contributed by atoms with van der Waals surface area (Å²) in [6.45, 7) is 9.27. The van der Waals surface area contributed by atoms with E-state index in [0.29, 0.717) is 22.8 Å². The molecular weight excluding hydrogens is 382 g/mol. The van der Waals surface area contributed by atoms with Crippen LogP contribution in [0.3, 0.4) is 0 Å². The van der Waals surface area contributed by atoms with Gasteiger partial charge in [0.1, 0.15) is 5.82 Å². The van der Waals surface area contributed by atoms with Crippen LogP contribution < -0.4 is 9.80 Å². The van der Waals surface area contributed by atoms with Crippen LogP contribution in [-0.2, 0) is 9.84 Å². The summed E-state index contributed by atoms with van der Waals surface area (Å²) in [6.07, 6.45) is 3.78. The van der Waals surface area contributed by atoms with Gasteiger partial charge >= 0.3 is 0 Å². The Kier molecular flexibility index (Phi) is 5.32. The number of sulfone groups is 1. The molecule has 2 aromatic rings. The molecule has 1 aromatic carbocycles. The minimum atomic E-state index is -3.21. The number of benzene rings is 1. The summed E-state index contributed by atoms with van der Waals surface area (Å²) in [4.78, 5) is 10.2. The molecule has 1 atom stereocenters. The highest BCUT2D eigenvalue weighted by molar-refractivity contribution is 7.90. The molecule has 4 rings (SSSR count). The fraction of sp³-hybridized carbons (Fsp3) is 0.522. The average Bonchev–Trinajstić information content (AvgIpc) is 3.52. The molecule has 0 bridgehead atoms. The number of hydrogen-bond donors (Lipinski definition) is 0. The first-order valence-corrected chi connectivity index (χ1v) is 12.4. The second-order valence-corrected chi connectivity index (χ2v) is 10.9. The second-order valence-electron chi connectivity index (χ2n) is 8.87. The van der Waals surface area contributed by atoms with Gasteiger partial charge in [0, 0.05) is 43.2 Å². The summed E-state index contributed by atoms with van der Waals surface area (Å²) < 4.78 is 23.9. The molecule has 2 heterocycles. The van der Waals surface area contributed by atoms with Crippen molar-refractivity contribution in [1.82, 2.24) is 4.98 Å². The SMILES string of the molecule is Cc1ccc(N2CCN(c3cccc(S(C)(=O)=O)c3)C[C@H]2C(C)C)nc1C1CC1. The van der Waals surface area contributed by atoms with Gasteiger partial charge in [-0.25, -0.2) is 13.4 Å². The Morgan fingerprint density at radius 3 is 2.52 bits per heavy atom. The summed E-state index contributed by atoms with van der Waals surface area (Å²) in [5.74, 6) is 2.19. The van der Waals surface area contributed by atoms with Crippen molar-refractivity contribution in [3.05, 3.63) is 47.7 Å². The standard InChI is InChI=1S/C23H31N3O2S/c1-16(2)21-15-25(19-6-5-7-20(14-19)29(4,27)28)12-13-26(21)22-11-8-17(3)23(24-22)18-9-10-18/h5-8,11,14,16,18,21H,9-10,12-13,15H2,1-4H3/t21-/m0/s1. The molecule has 1 aliphatic carbocycles. The van der Waals surface area contributed by atoms with Crippen molar-refractivity contribution in [2.45, 2.75) is 50.5 Å². The molecule has 0 N–H and O–H groups in total. The molecule has 2 aliphatic rings. The Bertz CT molecular complexity index is 999. The summed E-state index contributed by atoms with van der Waals surface area (Å²) in [6, 6.07) is 12.0. The van der Waals surface area contributed by atoms with Crippen LogP contribution in [0.5, 0.6) is 0 Å². The van der Waals surface area contributed by atoms with Gasteiger partial charge in [0.05, 0.1) is 10.9 Å². The molecule has 1 aromatic heterocycles. The third-order valence-corrected chi connectivity index (χ3v) is 7.29. The van der Waals surface area contributed by atoms with Crippen LogP contribution in [-0.4, -0.2) is 45.3 Å². The number of aryl methyl sites for hydroxylation is 1. The zero-order valence-electron chi connectivity index (χ0n) is 17.8. The largest absolute Gasteiger partial charge is 0.368 e. The Morgan fingerprint density at radius 1 is 1.10 bits per heavy atom. The summed E-state index contributed by atoms with van der Waals surface area (Å²) in [5, 5.41) is 0. The van der Waals surface area contributed by atoms with E-state index in [9.17, 15) is 8.42 Å². The van der Waals surface area contributed by atoms with Crippen molar-refractivity contribution >= 4 is 21.3 Å². The van der Waals surface area contributed by atoms with Crippen LogP contribution in [0.15, 0.2) is 41.3 Å². The molecule has 1 saturated heterocycles. The summed E-state index contributed by atoms with van der Waals surface area (Å²) in [7, 11) is -3.21. The van der Waals surface area contributed by atoms with Crippen LogP contribution in [0.25, 0.3) is 0 Å². The molecule has 2 fully saturated rings. The molecule has 0 radical (unpaired) electrons. The van der Waals surface area contributed by atoms with Gasteiger partial charge in [0.15, 0.2) is 9.84 Å². The predicted molar refractivity (Wildman–Crippen MR) is 119 cm³/mol. The van der Waals surface area contributed by atoms with E-state index in [1.165, 1.54) is 30.4 Å². The first-order chi connectivity index (χ1) is 13.7. The van der Waals surface area contributed by atoms with Crippen molar-refractivity contribution in [2.24, 2.45) is 5.92 Å². The lowest BCUT2D eigenvalue weighted by Crippen LogP contribution is -2.56. The zero-order chi connectivity index (χ0) is 20.8. The summed E-state index contributed by atoms with van der Waals surface area (Å²) in [5.41, 5.74) is 3.55. The Hall–Kier alpha value is -2.08. The van der Waals surface area contributed by atoms with E-state index in [4.69, 9.17) is 4.98 Å². The Labute approximate surface area is 174 Å². The van der Waals surface area contributed by atoms with Gasteiger partial charge in [-0.3, -0.25) is 0 Å². The van der Waals surface area contributed by atoms with Gasteiger partial charge in [0.2, 0.25) is 0 Å². The molecule has 5 nitrogen and oxygen atoms in total. The molecular formula is C23H31N3O2S. The maximum absolute atomic E-state index is 12.0. The van der Waals surface area contributed by atoms with Gasteiger partial charge in [-0.2, -0.15) is 0 Å². The molecule has 0 spiro atoms. The molecule has 29 heavy (non-hydrogen) atoms. The van der Waals surface area contributed by atoms with Crippen LogP contribution in [0.2, 0.25) is 0 Å². The fourth-order valence-corrected chi connectivity index (χ4v) is 4.93. The number of nitrogens with zero attached hydrogens (tertiary/aromatic N) is 3. The first-order valence-electron chi connectivity index (χ1n) is 10.5. The number of hydrogen-bond acceptors (Lipinski definition) is 5. The number of rotatable bonds is 5. The number of piperazine rings is 1. The maximum atomic E-state index is 12.0. The first kappa shape index (κ1) is 20.2. The van der Waals surface area contributed by atoms with E-state index >= 15 is 0 Å². The van der Waals surface area contributed by atoms with Crippen molar-refractivity contribution in [3.8, 4) is 0 Å². The number of aromatic nitrogens is 1.